The summed E-state index contributed by atoms with van der Waals surface area (Å²) in [7, 11) is 0. The summed E-state index contributed by atoms with van der Waals surface area (Å²) >= 11 is 0. The lowest BCUT2D eigenvalue weighted by molar-refractivity contribution is -0.123. The third kappa shape index (κ3) is 5.90. The van der Waals surface area contributed by atoms with Crippen LogP contribution >= 0.6 is 0 Å². The first-order valence-electron chi connectivity index (χ1n) is 8.59. The van der Waals surface area contributed by atoms with Crippen molar-refractivity contribution in [1.29, 1.82) is 0 Å². The van der Waals surface area contributed by atoms with Gasteiger partial charge in [0.15, 0.2) is 24.0 Å². The monoisotopic (exact) mass is 382 g/mol. The molecule has 0 aliphatic carbocycles. The highest BCUT2D eigenvalue weighted by Crippen LogP contribution is 2.15. The first kappa shape index (κ1) is 19.0. The van der Waals surface area contributed by atoms with Crippen LogP contribution in [-0.4, -0.2) is 40.8 Å². The summed E-state index contributed by atoms with van der Waals surface area (Å²) in [5.74, 6) is 0.393. The summed E-state index contributed by atoms with van der Waals surface area (Å²) in [5, 5.41) is 17.0. The van der Waals surface area contributed by atoms with Gasteiger partial charge >= 0.3 is 0 Å². The maximum atomic E-state index is 13.4. The molecule has 3 rings (SSSR count). The number of para-hydroxylation sites is 1. The van der Waals surface area contributed by atoms with Gasteiger partial charge in [0, 0.05) is 31.2 Å². The number of carbonyl (C=O) groups excluding carboxylic acids is 1. The van der Waals surface area contributed by atoms with E-state index in [0.717, 1.165) is 5.69 Å². The van der Waals surface area contributed by atoms with Crippen LogP contribution < -0.4 is 20.7 Å². The molecule has 0 fully saturated rings. The van der Waals surface area contributed by atoms with E-state index in [-0.39, 0.29) is 18.3 Å². The van der Waals surface area contributed by atoms with Gasteiger partial charge in [0.25, 0.3) is 5.91 Å². The topological polar surface area (TPSA) is 101 Å². The molecule has 2 heterocycles. The second-order valence-corrected chi connectivity index (χ2v) is 5.66. The molecular formula is C19H19FN6O2. The molecule has 3 N–H and O–H groups in total. The fourth-order valence-corrected chi connectivity index (χ4v) is 2.22. The van der Waals surface area contributed by atoms with Gasteiger partial charge in [-0.2, -0.15) is 0 Å². The van der Waals surface area contributed by atoms with E-state index in [1.54, 1.807) is 36.7 Å². The van der Waals surface area contributed by atoms with E-state index in [0.29, 0.717) is 24.7 Å². The van der Waals surface area contributed by atoms with E-state index in [1.807, 2.05) is 12.1 Å². The number of amides is 1. The van der Waals surface area contributed by atoms with Crippen molar-refractivity contribution in [3.05, 3.63) is 66.7 Å². The number of pyridine rings is 1. The molecule has 1 aromatic carbocycles. The molecule has 9 heteroatoms. The van der Waals surface area contributed by atoms with Gasteiger partial charge in [0.1, 0.15) is 5.82 Å². The minimum absolute atomic E-state index is 0.0477. The predicted molar refractivity (Wildman–Crippen MR) is 103 cm³/mol. The van der Waals surface area contributed by atoms with Crippen LogP contribution in [-0.2, 0) is 4.79 Å². The van der Waals surface area contributed by atoms with Gasteiger partial charge in [-0.15, -0.1) is 10.2 Å². The van der Waals surface area contributed by atoms with Gasteiger partial charge in [-0.25, -0.2) is 4.39 Å². The number of rotatable bonds is 9. The smallest absolute Gasteiger partial charge is 0.258 e. The standard InChI is InChI=1S/C19H19FN6O2/c20-15-3-1-2-4-16(15)28-13-19(27)23-12-11-22-17-5-6-18(26-25-17)24-14-7-9-21-10-8-14/h1-10H,11-13H2,(H,22,25)(H,23,27)(H,21,24,26). The Morgan fingerprint density at radius 1 is 0.964 bits per heavy atom. The van der Waals surface area contributed by atoms with Crippen molar-refractivity contribution in [3.8, 4) is 5.75 Å². The molecule has 3 aromatic rings. The zero-order valence-electron chi connectivity index (χ0n) is 14.9. The van der Waals surface area contributed by atoms with Crippen molar-refractivity contribution in [2.75, 3.05) is 30.3 Å². The highest BCUT2D eigenvalue weighted by molar-refractivity contribution is 5.77. The molecule has 1 amide bonds. The van der Waals surface area contributed by atoms with Gasteiger partial charge in [-0.1, -0.05) is 12.1 Å². The zero-order valence-corrected chi connectivity index (χ0v) is 14.9. The number of hydrogen-bond acceptors (Lipinski definition) is 7. The minimum Gasteiger partial charge on any atom is -0.481 e. The van der Waals surface area contributed by atoms with Crippen LogP contribution in [0.2, 0.25) is 0 Å². The van der Waals surface area contributed by atoms with Crippen molar-refractivity contribution in [2.45, 2.75) is 0 Å². The van der Waals surface area contributed by atoms with Crippen molar-refractivity contribution in [2.24, 2.45) is 0 Å². The average Bonchev–Trinajstić information content (AvgIpc) is 2.72. The van der Waals surface area contributed by atoms with Crippen LogP contribution in [0.15, 0.2) is 60.9 Å². The Morgan fingerprint density at radius 2 is 1.71 bits per heavy atom. The molecule has 0 unspecified atom stereocenters. The van der Waals surface area contributed by atoms with Crippen molar-refractivity contribution in [3.63, 3.8) is 0 Å². The van der Waals surface area contributed by atoms with Gasteiger partial charge in [-0.3, -0.25) is 9.78 Å². The van der Waals surface area contributed by atoms with Crippen LogP contribution in [0, 0.1) is 5.82 Å². The van der Waals surface area contributed by atoms with Crippen LogP contribution in [0.3, 0.4) is 0 Å². The quantitative estimate of drug-likeness (QED) is 0.488. The number of anilines is 3. The summed E-state index contributed by atoms with van der Waals surface area (Å²) in [6.07, 6.45) is 3.36. The van der Waals surface area contributed by atoms with E-state index < -0.39 is 5.82 Å². The number of halogens is 1. The molecule has 0 bridgehead atoms. The van der Waals surface area contributed by atoms with Crippen molar-refractivity contribution < 1.29 is 13.9 Å². The number of nitrogens with one attached hydrogen (secondary N) is 3. The Kier molecular flexibility index (Phi) is 6.67. The third-order valence-electron chi connectivity index (χ3n) is 3.57. The van der Waals surface area contributed by atoms with Crippen molar-refractivity contribution in [1.82, 2.24) is 20.5 Å². The maximum Gasteiger partial charge on any atom is 0.258 e. The largest absolute Gasteiger partial charge is 0.481 e. The van der Waals surface area contributed by atoms with Crippen molar-refractivity contribution >= 4 is 23.2 Å². The van der Waals surface area contributed by atoms with E-state index >= 15 is 0 Å². The van der Waals surface area contributed by atoms with Gasteiger partial charge < -0.3 is 20.7 Å². The molecule has 0 aliphatic heterocycles. The van der Waals surface area contributed by atoms with Crippen LogP contribution in [0.5, 0.6) is 5.75 Å². The molecule has 0 atom stereocenters. The second kappa shape index (κ2) is 9.81. The number of benzene rings is 1. The molecule has 144 valence electrons. The third-order valence-corrected chi connectivity index (χ3v) is 3.57. The Hall–Kier alpha value is -3.75. The van der Waals surface area contributed by atoms with Crippen LogP contribution in [0.25, 0.3) is 0 Å². The highest BCUT2D eigenvalue weighted by Gasteiger charge is 2.06. The minimum atomic E-state index is -0.502. The first-order valence-corrected chi connectivity index (χ1v) is 8.59. The Labute approximate surface area is 161 Å². The predicted octanol–water partition coefficient (Wildman–Crippen LogP) is 2.36. The fourth-order valence-electron chi connectivity index (χ4n) is 2.22. The average molecular weight is 382 g/mol. The van der Waals surface area contributed by atoms with E-state index in [4.69, 9.17) is 4.74 Å². The molecule has 0 spiro atoms. The van der Waals surface area contributed by atoms with E-state index in [9.17, 15) is 9.18 Å². The van der Waals surface area contributed by atoms with Gasteiger partial charge in [-0.05, 0) is 36.4 Å². The second-order valence-electron chi connectivity index (χ2n) is 5.66. The number of carbonyl (C=O) groups is 1. The number of aromatic nitrogens is 3. The molecule has 0 saturated carbocycles. The highest BCUT2D eigenvalue weighted by atomic mass is 19.1. The number of nitrogens with zero attached hydrogens (tertiary/aromatic N) is 3. The summed E-state index contributed by atoms with van der Waals surface area (Å²) in [5.41, 5.74) is 0.866. The molecule has 2 aromatic heterocycles. The SMILES string of the molecule is O=C(COc1ccccc1F)NCCNc1ccc(Nc2ccncc2)nn1. The number of hydrogen-bond donors (Lipinski definition) is 3. The fraction of sp³-hybridized carbons (Fsp3) is 0.158. The summed E-state index contributed by atoms with van der Waals surface area (Å²) in [6.45, 7) is 0.561. The molecule has 8 nitrogen and oxygen atoms in total. The lowest BCUT2D eigenvalue weighted by Gasteiger charge is -2.09. The molecular weight excluding hydrogens is 363 g/mol. The van der Waals surface area contributed by atoms with Gasteiger partial charge in [0.05, 0.1) is 0 Å². The normalized spacial score (nSPS) is 10.2. The molecule has 0 saturated heterocycles. The maximum absolute atomic E-state index is 13.4. The zero-order chi connectivity index (χ0) is 19.6. The number of ether oxygens (including phenoxy) is 1. The lowest BCUT2D eigenvalue weighted by Crippen LogP contribution is -2.32. The van der Waals surface area contributed by atoms with E-state index in [1.165, 1.54) is 12.1 Å². The van der Waals surface area contributed by atoms with Gasteiger partial charge in [0.2, 0.25) is 0 Å². The van der Waals surface area contributed by atoms with E-state index in [2.05, 4.69) is 31.1 Å². The lowest BCUT2D eigenvalue weighted by atomic mass is 10.3. The Bertz CT molecular complexity index is 892. The summed E-state index contributed by atoms with van der Waals surface area (Å²) in [6, 6.07) is 13.2. The summed E-state index contributed by atoms with van der Waals surface area (Å²) < 4.78 is 18.5. The molecule has 0 radical (unpaired) electrons. The van der Waals surface area contributed by atoms with Crippen LogP contribution in [0.1, 0.15) is 0 Å². The summed E-state index contributed by atoms with van der Waals surface area (Å²) in [4.78, 5) is 15.7. The Morgan fingerprint density at radius 3 is 2.46 bits per heavy atom. The molecule has 28 heavy (non-hydrogen) atoms. The first-order chi connectivity index (χ1) is 13.7. The molecule has 0 aliphatic rings. The Balaban J connectivity index is 1.34. The van der Waals surface area contributed by atoms with Crippen LogP contribution in [0.4, 0.5) is 21.7 Å².